The molecule has 1 amide bonds. The van der Waals surface area contributed by atoms with Crippen LogP contribution in [0.5, 0.6) is 11.5 Å². The molecule has 1 aromatic rings. The molecule has 17 heavy (non-hydrogen) atoms. The zero-order valence-electron chi connectivity index (χ0n) is 9.86. The summed E-state index contributed by atoms with van der Waals surface area (Å²) in [6.45, 7) is 0.845. The minimum atomic E-state index is -0.204. The zero-order valence-corrected chi connectivity index (χ0v) is 10.7. The molecule has 96 valence electrons. The van der Waals surface area contributed by atoms with Gasteiger partial charge in [-0.15, -0.1) is 12.4 Å². The molecule has 6 heteroatoms. The third-order valence-electron chi connectivity index (χ3n) is 2.08. The van der Waals surface area contributed by atoms with E-state index in [4.69, 9.17) is 15.2 Å². The van der Waals surface area contributed by atoms with Gasteiger partial charge >= 0.3 is 0 Å². The predicted molar refractivity (Wildman–Crippen MR) is 68.2 cm³/mol. The SMILES string of the molecule is COc1ccc(C(=O)NCCN)c(OC)c1.Cl. The fourth-order valence-electron chi connectivity index (χ4n) is 1.27. The summed E-state index contributed by atoms with van der Waals surface area (Å²) in [6, 6.07) is 5.03. The summed E-state index contributed by atoms with van der Waals surface area (Å²) in [4.78, 5) is 11.7. The number of halogens is 1. The predicted octanol–water partition coefficient (Wildman–Crippen LogP) is 0.814. The van der Waals surface area contributed by atoms with Crippen molar-refractivity contribution in [1.29, 1.82) is 0 Å². The third-order valence-corrected chi connectivity index (χ3v) is 2.08. The van der Waals surface area contributed by atoms with E-state index in [1.165, 1.54) is 7.11 Å². The molecular weight excluding hydrogens is 244 g/mol. The minimum absolute atomic E-state index is 0. The molecule has 0 heterocycles. The number of hydrogen-bond donors (Lipinski definition) is 2. The highest BCUT2D eigenvalue weighted by Gasteiger charge is 2.12. The number of amides is 1. The molecule has 0 aromatic heterocycles. The molecular formula is C11H17ClN2O3. The van der Waals surface area contributed by atoms with E-state index in [1.54, 1.807) is 25.3 Å². The van der Waals surface area contributed by atoms with Crippen LogP contribution >= 0.6 is 12.4 Å². The van der Waals surface area contributed by atoms with E-state index in [9.17, 15) is 4.79 Å². The quantitative estimate of drug-likeness (QED) is 0.822. The summed E-state index contributed by atoms with van der Waals surface area (Å²) in [5.41, 5.74) is 5.77. The summed E-state index contributed by atoms with van der Waals surface area (Å²) < 4.78 is 10.2. The van der Waals surface area contributed by atoms with Gasteiger partial charge in [0.25, 0.3) is 5.91 Å². The normalized spacial score (nSPS) is 9.12. The molecule has 0 atom stereocenters. The Bertz CT molecular complexity index is 372. The van der Waals surface area contributed by atoms with Crippen LogP contribution in [0.15, 0.2) is 18.2 Å². The number of methoxy groups -OCH3 is 2. The Balaban J connectivity index is 0.00000256. The van der Waals surface area contributed by atoms with E-state index in [0.717, 1.165) is 0 Å². The highest BCUT2D eigenvalue weighted by molar-refractivity contribution is 5.97. The Labute approximate surface area is 107 Å². The molecule has 0 spiro atoms. The molecule has 0 unspecified atom stereocenters. The molecule has 0 fully saturated rings. The molecule has 5 nitrogen and oxygen atoms in total. The van der Waals surface area contributed by atoms with Gasteiger partial charge in [-0.05, 0) is 12.1 Å². The summed E-state index contributed by atoms with van der Waals surface area (Å²) in [6.07, 6.45) is 0. The van der Waals surface area contributed by atoms with Crippen LogP contribution in [0, 0.1) is 0 Å². The van der Waals surface area contributed by atoms with E-state index >= 15 is 0 Å². The van der Waals surface area contributed by atoms with Gasteiger partial charge in [0.15, 0.2) is 0 Å². The number of rotatable bonds is 5. The first kappa shape index (κ1) is 15.5. The number of ether oxygens (including phenoxy) is 2. The van der Waals surface area contributed by atoms with Gasteiger partial charge in [0, 0.05) is 19.2 Å². The van der Waals surface area contributed by atoms with Crippen LogP contribution < -0.4 is 20.5 Å². The lowest BCUT2D eigenvalue weighted by Gasteiger charge is -2.10. The maximum absolute atomic E-state index is 11.7. The van der Waals surface area contributed by atoms with Crippen molar-refractivity contribution < 1.29 is 14.3 Å². The lowest BCUT2D eigenvalue weighted by Crippen LogP contribution is -2.29. The first-order chi connectivity index (χ1) is 7.72. The van der Waals surface area contributed by atoms with Crippen LogP contribution in [-0.2, 0) is 0 Å². The molecule has 0 saturated heterocycles. The van der Waals surface area contributed by atoms with Crippen LogP contribution in [0.4, 0.5) is 0 Å². The molecule has 3 N–H and O–H groups in total. The van der Waals surface area contributed by atoms with Gasteiger partial charge in [-0.2, -0.15) is 0 Å². The van der Waals surface area contributed by atoms with Crippen molar-refractivity contribution in [1.82, 2.24) is 5.32 Å². The Morgan fingerprint density at radius 1 is 1.35 bits per heavy atom. The van der Waals surface area contributed by atoms with Gasteiger partial charge in [0.2, 0.25) is 0 Å². The van der Waals surface area contributed by atoms with Crippen LogP contribution in [0.2, 0.25) is 0 Å². The molecule has 0 bridgehead atoms. The molecule has 0 aliphatic rings. The standard InChI is InChI=1S/C11H16N2O3.ClH/c1-15-8-3-4-9(10(7-8)16-2)11(14)13-6-5-12;/h3-4,7H,5-6,12H2,1-2H3,(H,13,14);1H. The Morgan fingerprint density at radius 2 is 2.06 bits per heavy atom. The second kappa shape index (κ2) is 7.76. The van der Waals surface area contributed by atoms with Crippen LogP contribution in [0.25, 0.3) is 0 Å². The van der Waals surface area contributed by atoms with Crippen molar-refractivity contribution in [2.24, 2.45) is 5.73 Å². The van der Waals surface area contributed by atoms with Gasteiger partial charge in [0.1, 0.15) is 11.5 Å². The first-order valence-corrected chi connectivity index (χ1v) is 4.93. The second-order valence-electron chi connectivity index (χ2n) is 3.11. The van der Waals surface area contributed by atoms with Gasteiger partial charge < -0.3 is 20.5 Å². The Morgan fingerprint density at radius 3 is 2.59 bits per heavy atom. The molecule has 1 aromatic carbocycles. The molecule has 1 rings (SSSR count). The number of benzene rings is 1. The van der Waals surface area contributed by atoms with Gasteiger partial charge in [0.05, 0.1) is 19.8 Å². The Hall–Kier alpha value is -1.46. The highest BCUT2D eigenvalue weighted by Crippen LogP contribution is 2.24. The number of hydrogen-bond acceptors (Lipinski definition) is 4. The van der Waals surface area contributed by atoms with E-state index in [0.29, 0.717) is 30.2 Å². The maximum atomic E-state index is 11.7. The highest BCUT2D eigenvalue weighted by atomic mass is 35.5. The summed E-state index contributed by atoms with van der Waals surface area (Å²) >= 11 is 0. The van der Waals surface area contributed by atoms with Crippen LogP contribution in [0.1, 0.15) is 10.4 Å². The van der Waals surface area contributed by atoms with Gasteiger partial charge in [-0.3, -0.25) is 4.79 Å². The zero-order chi connectivity index (χ0) is 12.0. The average Bonchev–Trinajstić information content (AvgIpc) is 2.34. The number of nitrogens with one attached hydrogen (secondary N) is 1. The summed E-state index contributed by atoms with van der Waals surface area (Å²) in [5, 5.41) is 2.68. The van der Waals surface area contributed by atoms with Crippen molar-refractivity contribution in [3.63, 3.8) is 0 Å². The molecule has 0 saturated carbocycles. The van der Waals surface area contributed by atoms with Crippen molar-refractivity contribution >= 4 is 18.3 Å². The number of carbonyl (C=O) groups is 1. The van der Waals surface area contributed by atoms with Crippen molar-refractivity contribution in [3.8, 4) is 11.5 Å². The van der Waals surface area contributed by atoms with E-state index < -0.39 is 0 Å². The summed E-state index contributed by atoms with van der Waals surface area (Å²) in [7, 11) is 3.07. The van der Waals surface area contributed by atoms with E-state index in [-0.39, 0.29) is 18.3 Å². The maximum Gasteiger partial charge on any atom is 0.255 e. The Kier molecular flexibility index (Phi) is 7.09. The smallest absolute Gasteiger partial charge is 0.255 e. The first-order valence-electron chi connectivity index (χ1n) is 4.93. The molecule has 0 radical (unpaired) electrons. The van der Waals surface area contributed by atoms with Crippen molar-refractivity contribution in [2.75, 3.05) is 27.3 Å². The van der Waals surface area contributed by atoms with Crippen molar-refractivity contribution in [3.05, 3.63) is 23.8 Å². The van der Waals surface area contributed by atoms with E-state index in [2.05, 4.69) is 5.32 Å². The molecule has 0 aliphatic carbocycles. The fourth-order valence-corrected chi connectivity index (χ4v) is 1.27. The lowest BCUT2D eigenvalue weighted by atomic mass is 10.1. The van der Waals surface area contributed by atoms with Crippen LogP contribution in [-0.4, -0.2) is 33.2 Å². The molecule has 0 aliphatic heterocycles. The monoisotopic (exact) mass is 260 g/mol. The fraction of sp³-hybridized carbons (Fsp3) is 0.364. The third kappa shape index (κ3) is 4.13. The minimum Gasteiger partial charge on any atom is -0.497 e. The van der Waals surface area contributed by atoms with E-state index in [1.807, 2.05) is 0 Å². The van der Waals surface area contributed by atoms with Gasteiger partial charge in [-0.1, -0.05) is 0 Å². The van der Waals surface area contributed by atoms with Crippen LogP contribution in [0.3, 0.4) is 0 Å². The van der Waals surface area contributed by atoms with Gasteiger partial charge in [-0.25, -0.2) is 0 Å². The van der Waals surface area contributed by atoms with Crippen molar-refractivity contribution in [2.45, 2.75) is 0 Å². The largest absolute Gasteiger partial charge is 0.497 e. The number of nitrogens with two attached hydrogens (primary N) is 1. The lowest BCUT2D eigenvalue weighted by molar-refractivity contribution is 0.0951. The average molecular weight is 261 g/mol. The summed E-state index contributed by atoms with van der Waals surface area (Å²) in [5.74, 6) is 0.922. The number of carbonyl (C=O) groups excluding carboxylic acids is 1. The topological polar surface area (TPSA) is 73.6 Å². The second-order valence-corrected chi connectivity index (χ2v) is 3.11.